The van der Waals surface area contributed by atoms with E-state index in [1.165, 1.54) is 44.1 Å². The fraction of sp³-hybridized carbons (Fsp3) is 0.409. The number of phenolic OH excluding ortho intramolecular Hbond substituents is 1. The standard InChI is InChI=1S/C22H24N2O9/c1-21(32)7-5-4-6-8(25)9(7)15(26)10-12(21)17(28)13-14(24(2)3)16(27)11(20(23)31)19(30)22(13,33)18(10)29/h4-6,12-14,17,25-26,28,30,32-33H,1-3H3,(H2,23,31)/t12-,13+,14+,17-,21+,22-/m0/s1. The quantitative estimate of drug-likeness (QED) is 0.257. The van der Waals surface area contributed by atoms with Crippen LogP contribution < -0.4 is 5.73 Å². The van der Waals surface area contributed by atoms with Gasteiger partial charge < -0.3 is 36.4 Å². The smallest absolute Gasteiger partial charge is 0.255 e. The van der Waals surface area contributed by atoms with E-state index in [-0.39, 0.29) is 11.1 Å². The predicted octanol–water partition coefficient (Wildman–Crippen LogP) is -1.40. The van der Waals surface area contributed by atoms with Gasteiger partial charge in [0, 0.05) is 0 Å². The lowest BCUT2D eigenvalue weighted by Gasteiger charge is -2.55. The number of hydrogen-bond donors (Lipinski definition) is 7. The highest BCUT2D eigenvalue weighted by Gasteiger charge is 2.70. The van der Waals surface area contributed by atoms with Crippen molar-refractivity contribution in [1.82, 2.24) is 4.90 Å². The number of rotatable bonds is 2. The van der Waals surface area contributed by atoms with E-state index in [4.69, 9.17) is 5.73 Å². The Morgan fingerprint density at radius 2 is 1.73 bits per heavy atom. The summed E-state index contributed by atoms with van der Waals surface area (Å²) >= 11 is 0. The first-order chi connectivity index (χ1) is 15.2. The van der Waals surface area contributed by atoms with Crippen molar-refractivity contribution >= 4 is 23.2 Å². The van der Waals surface area contributed by atoms with Gasteiger partial charge in [-0.25, -0.2) is 0 Å². The van der Waals surface area contributed by atoms with E-state index in [9.17, 15) is 45.0 Å². The minimum Gasteiger partial charge on any atom is -0.508 e. The number of benzene rings is 1. The van der Waals surface area contributed by atoms with Crippen LogP contribution in [0.25, 0.3) is 5.76 Å². The number of carbonyl (C=O) groups is 3. The van der Waals surface area contributed by atoms with Crippen molar-refractivity contribution in [1.29, 1.82) is 0 Å². The van der Waals surface area contributed by atoms with Crippen LogP contribution in [0.2, 0.25) is 0 Å². The summed E-state index contributed by atoms with van der Waals surface area (Å²) < 4.78 is 0. The lowest BCUT2D eigenvalue weighted by Crippen LogP contribution is -2.71. The van der Waals surface area contributed by atoms with Crippen molar-refractivity contribution in [2.75, 3.05) is 14.1 Å². The molecule has 4 rings (SSSR count). The van der Waals surface area contributed by atoms with Crippen molar-refractivity contribution in [3.8, 4) is 5.75 Å². The first-order valence-corrected chi connectivity index (χ1v) is 10.1. The molecule has 6 atom stereocenters. The number of nitrogens with zero attached hydrogens (tertiary/aromatic N) is 1. The Morgan fingerprint density at radius 3 is 2.27 bits per heavy atom. The second-order valence-corrected chi connectivity index (χ2v) is 9.06. The lowest BCUT2D eigenvalue weighted by atomic mass is 9.53. The van der Waals surface area contributed by atoms with Crippen molar-refractivity contribution in [2.24, 2.45) is 17.6 Å². The van der Waals surface area contributed by atoms with Gasteiger partial charge in [-0.1, -0.05) is 12.1 Å². The number of amides is 1. The SMILES string of the molecule is CN(C)[C@H]1C(=O)C(C(N)=O)=C(O)[C@@]2(O)C(=O)C3=C(O)c4c(O)cccc4[C@@](C)(O)[C@@H]3[C@H](O)[C@@H]12. The Balaban J connectivity index is 2.11. The zero-order valence-electron chi connectivity index (χ0n) is 18.0. The molecule has 1 aromatic rings. The molecule has 0 bridgehead atoms. The molecule has 0 unspecified atom stereocenters. The van der Waals surface area contributed by atoms with Crippen molar-refractivity contribution in [3.05, 3.63) is 46.2 Å². The van der Waals surface area contributed by atoms with E-state index in [1.807, 2.05) is 0 Å². The molecule has 3 aliphatic carbocycles. The molecule has 3 aliphatic rings. The highest BCUT2D eigenvalue weighted by molar-refractivity contribution is 6.24. The Hall–Kier alpha value is -3.25. The lowest BCUT2D eigenvalue weighted by molar-refractivity contribution is -0.181. The third-order valence-electron chi connectivity index (χ3n) is 7.03. The Kier molecular flexibility index (Phi) is 4.78. The maximum Gasteiger partial charge on any atom is 0.255 e. The second-order valence-electron chi connectivity index (χ2n) is 9.06. The Labute approximate surface area is 187 Å². The molecule has 11 heteroatoms. The zero-order valence-corrected chi connectivity index (χ0v) is 18.0. The molecule has 8 N–H and O–H groups in total. The van der Waals surface area contributed by atoms with Gasteiger partial charge in [-0.05, 0) is 32.6 Å². The molecule has 33 heavy (non-hydrogen) atoms. The monoisotopic (exact) mass is 460 g/mol. The summed E-state index contributed by atoms with van der Waals surface area (Å²) in [5.41, 5.74) is -1.78. The molecule has 11 nitrogen and oxygen atoms in total. The van der Waals surface area contributed by atoms with Gasteiger partial charge in [0.05, 0.1) is 40.7 Å². The fourth-order valence-corrected chi connectivity index (χ4v) is 5.60. The zero-order chi connectivity index (χ0) is 24.8. The van der Waals surface area contributed by atoms with Gasteiger partial charge in [-0.2, -0.15) is 0 Å². The second kappa shape index (κ2) is 6.87. The minimum atomic E-state index is -3.02. The molecule has 0 radical (unpaired) electrons. The highest BCUT2D eigenvalue weighted by Crippen LogP contribution is 2.57. The van der Waals surface area contributed by atoms with Gasteiger partial charge in [-0.15, -0.1) is 0 Å². The van der Waals surface area contributed by atoms with Gasteiger partial charge in [0.25, 0.3) is 5.91 Å². The third kappa shape index (κ3) is 2.61. The van der Waals surface area contributed by atoms with Crippen LogP contribution in [0.1, 0.15) is 18.1 Å². The van der Waals surface area contributed by atoms with Gasteiger partial charge in [0.1, 0.15) is 22.8 Å². The number of aliphatic hydroxyl groups excluding tert-OH is 3. The van der Waals surface area contributed by atoms with E-state index in [0.29, 0.717) is 0 Å². The maximum absolute atomic E-state index is 13.7. The van der Waals surface area contributed by atoms with Crippen LogP contribution in [-0.2, 0) is 20.0 Å². The van der Waals surface area contributed by atoms with Crippen LogP contribution in [0.4, 0.5) is 0 Å². The number of nitrogens with two attached hydrogens (primary N) is 1. The number of primary amides is 1. The number of phenols is 1. The largest absolute Gasteiger partial charge is 0.508 e. The molecule has 176 valence electrons. The molecular weight excluding hydrogens is 436 g/mol. The normalized spacial score (nSPS) is 36.0. The maximum atomic E-state index is 13.7. The summed E-state index contributed by atoms with van der Waals surface area (Å²) in [6.45, 7) is 1.25. The van der Waals surface area contributed by atoms with Crippen LogP contribution in [0.5, 0.6) is 5.75 Å². The number of hydrogen-bond acceptors (Lipinski definition) is 10. The summed E-state index contributed by atoms with van der Waals surface area (Å²) in [4.78, 5) is 39.9. The van der Waals surface area contributed by atoms with E-state index in [1.54, 1.807) is 0 Å². The molecule has 1 amide bonds. The van der Waals surface area contributed by atoms with Crippen molar-refractivity contribution in [2.45, 2.75) is 30.3 Å². The van der Waals surface area contributed by atoms with Gasteiger partial charge in [-0.3, -0.25) is 19.3 Å². The summed E-state index contributed by atoms with van der Waals surface area (Å²) in [6, 6.07) is 2.50. The average Bonchev–Trinajstić information content (AvgIpc) is 2.70. The third-order valence-corrected chi connectivity index (χ3v) is 7.03. The molecule has 1 aromatic carbocycles. The number of likely N-dealkylation sites (N-methyl/N-ethyl adjacent to an activating group) is 1. The van der Waals surface area contributed by atoms with Crippen molar-refractivity contribution < 1.29 is 45.0 Å². The van der Waals surface area contributed by atoms with E-state index in [0.717, 1.165) is 0 Å². The van der Waals surface area contributed by atoms with E-state index < -0.39 is 81.1 Å². The Morgan fingerprint density at radius 1 is 1.12 bits per heavy atom. The average molecular weight is 460 g/mol. The number of aliphatic hydroxyl groups is 5. The molecule has 0 spiro atoms. The number of Topliss-reactive ketones (excluding diaryl/α,β-unsaturated/α-hetero) is 2. The number of ketones is 2. The van der Waals surface area contributed by atoms with Gasteiger partial charge in [0.2, 0.25) is 5.78 Å². The molecule has 0 heterocycles. The number of fused-ring (bicyclic) bond motifs is 3. The summed E-state index contributed by atoms with van der Waals surface area (Å²) in [7, 11) is 2.80. The highest BCUT2D eigenvalue weighted by atomic mass is 16.4. The molecule has 1 fully saturated rings. The minimum absolute atomic E-state index is 0.00664. The molecule has 0 aromatic heterocycles. The fourth-order valence-electron chi connectivity index (χ4n) is 5.60. The van der Waals surface area contributed by atoms with Gasteiger partial charge in [0.15, 0.2) is 11.4 Å². The first kappa shape index (κ1) is 22.9. The van der Waals surface area contributed by atoms with E-state index >= 15 is 0 Å². The van der Waals surface area contributed by atoms with Crippen LogP contribution in [-0.4, -0.2) is 84.9 Å². The van der Waals surface area contributed by atoms with Crippen LogP contribution in [0.3, 0.4) is 0 Å². The molecule has 0 saturated heterocycles. The van der Waals surface area contributed by atoms with E-state index in [2.05, 4.69) is 0 Å². The topological polar surface area (TPSA) is 202 Å². The molecule has 1 saturated carbocycles. The van der Waals surface area contributed by atoms with Gasteiger partial charge >= 0.3 is 0 Å². The Bertz CT molecular complexity index is 1180. The summed E-state index contributed by atoms with van der Waals surface area (Å²) in [5.74, 6) is -9.67. The first-order valence-electron chi connectivity index (χ1n) is 10.1. The van der Waals surface area contributed by atoms with Crippen molar-refractivity contribution in [3.63, 3.8) is 0 Å². The molecule has 0 aliphatic heterocycles. The number of aromatic hydroxyl groups is 1. The molecular formula is C22H24N2O9. The summed E-state index contributed by atoms with van der Waals surface area (Å²) in [5, 5.41) is 66.3. The summed E-state index contributed by atoms with van der Waals surface area (Å²) in [6.07, 6.45) is -1.87. The predicted molar refractivity (Wildman–Crippen MR) is 112 cm³/mol. The number of carbonyl (C=O) groups excluding carboxylic acids is 3. The van der Waals surface area contributed by atoms with Crippen LogP contribution in [0.15, 0.2) is 35.1 Å². The van der Waals surface area contributed by atoms with Crippen LogP contribution >= 0.6 is 0 Å². The van der Waals surface area contributed by atoms with Crippen LogP contribution in [0, 0.1) is 11.8 Å².